The van der Waals surface area contributed by atoms with Crippen LogP contribution in [0.5, 0.6) is 0 Å². The molecule has 5 heterocycles. The van der Waals surface area contributed by atoms with Crippen LogP contribution < -0.4 is 5.73 Å². The highest BCUT2D eigenvalue weighted by atomic mass is 16.5. The first kappa shape index (κ1) is 56.4. The molecule has 0 aliphatic carbocycles. The fourth-order valence-corrected chi connectivity index (χ4v) is 7.34. The van der Waals surface area contributed by atoms with Gasteiger partial charge in [0.05, 0.1) is 6.61 Å². The van der Waals surface area contributed by atoms with Crippen LogP contribution in [0.15, 0.2) is 0 Å². The number of methoxy groups -OCH3 is 1. The van der Waals surface area contributed by atoms with Gasteiger partial charge in [0.15, 0.2) is 0 Å². The summed E-state index contributed by atoms with van der Waals surface area (Å²) < 4.78 is 4.57. The van der Waals surface area contributed by atoms with E-state index in [0.717, 1.165) is 17.3 Å². The molecule has 0 aromatic carbocycles. The lowest BCUT2D eigenvalue weighted by Gasteiger charge is -2.60. The van der Waals surface area contributed by atoms with Gasteiger partial charge in [0, 0.05) is 97.6 Å². The third-order valence-electron chi connectivity index (χ3n) is 9.07. The van der Waals surface area contributed by atoms with Crippen molar-refractivity contribution in [2.75, 3.05) is 139 Å². The van der Waals surface area contributed by atoms with Crippen LogP contribution in [0.4, 0.5) is 0 Å². The zero-order chi connectivity index (χ0) is 39.4. The molecule has 5 rings (SSSR count). The van der Waals surface area contributed by atoms with E-state index < -0.39 is 0 Å². The molecule has 0 atom stereocenters. The molecule has 1 spiro atoms. The second-order valence-electron chi connectivity index (χ2n) is 13.1. The van der Waals surface area contributed by atoms with Crippen LogP contribution in [0.1, 0.15) is 123 Å². The minimum atomic E-state index is 0.622. The number of piperidine rings is 1. The second-order valence-corrected chi connectivity index (χ2v) is 13.1. The number of piperazine rings is 1. The van der Waals surface area contributed by atoms with Crippen LogP contribution in [-0.2, 0) is 4.74 Å². The minimum Gasteiger partial charge on any atom is -0.383 e. The average molecular weight is 718 g/mol. The van der Waals surface area contributed by atoms with Gasteiger partial charge in [-0.2, -0.15) is 0 Å². The van der Waals surface area contributed by atoms with Gasteiger partial charge >= 0.3 is 0 Å². The van der Waals surface area contributed by atoms with Crippen LogP contribution >= 0.6 is 0 Å². The van der Waals surface area contributed by atoms with E-state index in [0.29, 0.717) is 13.2 Å². The Kier molecular flexibility index (Phi) is 45.0. The lowest BCUT2D eigenvalue weighted by atomic mass is 9.72. The monoisotopic (exact) mass is 718 g/mol. The van der Waals surface area contributed by atoms with Gasteiger partial charge in [-0.05, 0) is 77.8 Å². The first-order valence-electron chi connectivity index (χ1n) is 21.8. The standard InChI is InChI=1S/C15H29N3.C12H25N3.C3H9NO.6C2H6/c1-3-6-17-7-4-14(5-8-17)9-18-12-15(13-18)10-16(2)11-15;1-3-4-14-5-7-15(8-6-14)11-12-9-13(2)10-12;1-5-3-2-4;6*1-2/h14H,3-13H2,1-2H3;12H,3-11H2,1-2H3;2-4H2,1H3;6*1-2H3. The molecule has 0 aromatic rings. The van der Waals surface area contributed by atoms with Crippen LogP contribution in [0.25, 0.3) is 0 Å². The third-order valence-corrected chi connectivity index (χ3v) is 9.07. The number of likely N-dealkylation sites (tertiary alicyclic amines) is 4. The summed E-state index contributed by atoms with van der Waals surface area (Å²) in [4.78, 5) is 15.5. The predicted octanol–water partition coefficient (Wildman–Crippen LogP) is 7.68. The molecule has 308 valence electrons. The maximum Gasteiger partial charge on any atom is 0.0584 e. The van der Waals surface area contributed by atoms with Crippen LogP contribution in [-0.4, -0.2) is 168 Å². The Labute approximate surface area is 318 Å². The van der Waals surface area contributed by atoms with E-state index in [9.17, 15) is 0 Å². The van der Waals surface area contributed by atoms with Crippen molar-refractivity contribution in [3.63, 3.8) is 0 Å². The van der Waals surface area contributed by atoms with Crippen LogP contribution in [0.2, 0.25) is 0 Å². The molecule has 5 saturated heterocycles. The van der Waals surface area contributed by atoms with Gasteiger partial charge in [-0.15, -0.1) is 0 Å². The Bertz CT molecular complexity index is 603. The van der Waals surface area contributed by atoms with Gasteiger partial charge in [0.25, 0.3) is 0 Å². The summed E-state index contributed by atoms with van der Waals surface area (Å²) in [6, 6.07) is 0. The van der Waals surface area contributed by atoms with Gasteiger partial charge in [-0.25, -0.2) is 0 Å². The van der Waals surface area contributed by atoms with Gasteiger partial charge in [-0.3, -0.25) is 0 Å². The van der Waals surface area contributed by atoms with Crippen molar-refractivity contribution in [1.29, 1.82) is 0 Å². The van der Waals surface area contributed by atoms with Crippen LogP contribution in [0.3, 0.4) is 0 Å². The molecule has 0 saturated carbocycles. The maximum atomic E-state index is 5.01. The van der Waals surface area contributed by atoms with E-state index in [-0.39, 0.29) is 0 Å². The molecule has 0 amide bonds. The summed E-state index contributed by atoms with van der Waals surface area (Å²) in [5.74, 6) is 1.93. The van der Waals surface area contributed by atoms with Crippen molar-refractivity contribution in [2.24, 2.45) is 23.0 Å². The molecule has 5 fully saturated rings. The highest BCUT2D eigenvalue weighted by Gasteiger charge is 2.50. The molecule has 2 N–H and O–H groups in total. The molecule has 0 bridgehead atoms. The summed E-state index contributed by atoms with van der Waals surface area (Å²) in [7, 11) is 6.10. The third kappa shape index (κ3) is 25.6. The summed E-state index contributed by atoms with van der Waals surface area (Å²) >= 11 is 0. The Hall–Kier alpha value is -0.320. The maximum absolute atomic E-state index is 5.01. The van der Waals surface area contributed by atoms with E-state index in [1.807, 2.05) is 83.1 Å². The first-order chi connectivity index (χ1) is 24.4. The Morgan fingerprint density at radius 3 is 1.28 bits per heavy atom. The van der Waals surface area contributed by atoms with E-state index >= 15 is 0 Å². The average Bonchev–Trinajstić information content (AvgIpc) is 3.14. The van der Waals surface area contributed by atoms with Crippen molar-refractivity contribution in [1.82, 2.24) is 29.4 Å². The number of hydrogen-bond donors (Lipinski definition) is 1. The zero-order valence-corrected chi connectivity index (χ0v) is 37.9. The number of ether oxygens (including phenoxy) is 1. The van der Waals surface area contributed by atoms with Crippen molar-refractivity contribution in [3.05, 3.63) is 0 Å². The van der Waals surface area contributed by atoms with Crippen molar-refractivity contribution in [2.45, 2.75) is 123 Å². The Morgan fingerprint density at radius 2 is 0.940 bits per heavy atom. The molecule has 5 aliphatic heterocycles. The van der Waals surface area contributed by atoms with Crippen molar-refractivity contribution >= 4 is 0 Å². The highest BCUT2D eigenvalue weighted by Crippen LogP contribution is 2.39. The smallest absolute Gasteiger partial charge is 0.0584 e. The van der Waals surface area contributed by atoms with E-state index in [1.54, 1.807) is 7.11 Å². The normalized spacial score (nSPS) is 20.5. The van der Waals surface area contributed by atoms with Gasteiger partial charge in [0.2, 0.25) is 0 Å². The van der Waals surface area contributed by atoms with Crippen molar-refractivity contribution in [3.8, 4) is 0 Å². The van der Waals surface area contributed by atoms with E-state index in [1.165, 1.54) is 130 Å². The Morgan fingerprint density at radius 1 is 0.540 bits per heavy atom. The SMILES string of the molecule is CC.CC.CC.CC.CC.CC.CCCN1CCC(CN2CC3(CN(C)C3)C2)CC1.CCCN1CCN(CC2CN(C)C2)CC1.COCCN. The number of nitrogens with zero attached hydrogens (tertiary/aromatic N) is 6. The van der Waals surface area contributed by atoms with Crippen LogP contribution in [0, 0.1) is 17.3 Å². The lowest BCUT2D eigenvalue weighted by molar-refractivity contribution is -0.110. The molecule has 8 heteroatoms. The fraction of sp³-hybridized carbons (Fsp3) is 1.00. The highest BCUT2D eigenvalue weighted by molar-refractivity contribution is 5.04. The number of rotatable bonds is 10. The lowest BCUT2D eigenvalue weighted by Crippen LogP contribution is -2.71. The van der Waals surface area contributed by atoms with E-state index in [2.05, 4.69) is 62.1 Å². The summed E-state index contributed by atoms with van der Waals surface area (Å²) in [6.07, 6.45) is 5.48. The molecular weight excluding hydrogens is 619 g/mol. The van der Waals surface area contributed by atoms with E-state index in [4.69, 9.17) is 5.73 Å². The minimum absolute atomic E-state index is 0.622. The topological polar surface area (TPSA) is 54.7 Å². The van der Waals surface area contributed by atoms with Gasteiger partial charge in [0.1, 0.15) is 0 Å². The molecule has 0 aromatic heterocycles. The number of nitrogens with two attached hydrogens (primary N) is 1. The molecular formula is C42H99N7O. The molecule has 5 aliphatic rings. The van der Waals surface area contributed by atoms with Gasteiger partial charge in [-0.1, -0.05) is 96.9 Å². The quantitative estimate of drug-likeness (QED) is 0.247. The Balaban J connectivity index is -0.000000298. The fourth-order valence-electron chi connectivity index (χ4n) is 7.34. The predicted molar refractivity (Wildman–Crippen MR) is 229 cm³/mol. The largest absolute Gasteiger partial charge is 0.383 e. The molecule has 0 radical (unpaired) electrons. The second kappa shape index (κ2) is 39.9. The summed E-state index contributed by atoms with van der Waals surface area (Å²) in [5, 5.41) is 0. The molecule has 8 nitrogen and oxygen atoms in total. The first-order valence-corrected chi connectivity index (χ1v) is 21.8. The van der Waals surface area contributed by atoms with Gasteiger partial charge < -0.3 is 39.9 Å². The van der Waals surface area contributed by atoms with Crippen molar-refractivity contribution < 1.29 is 4.74 Å². The zero-order valence-electron chi connectivity index (χ0n) is 37.9. The molecule has 0 unspecified atom stereocenters. The molecule has 50 heavy (non-hydrogen) atoms. The number of hydrogen-bond acceptors (Lipinski definition) is 8. The summed E-state index contributed by atoms with van der Waals surface area (Å²) in [5.41, 5.74) is 5.73. The summed E-state index contributed by atoms with van der Waals surface area (Å²) in [6.45, 7) is 51.1.